The fraction of sp³-hybridized carbons (Fsp3) is 1.00. The zero-order valence-corrected chi connectivity index (χ0v) is 26.3. The molecule has 0 aromatic heterocycles. The first-order chi connectivity index (χ1) is 16.1. The van der Waals surface area contributed by atoms with E-state index in [-0.39, 0.29) is 12.4 Å². The van der Waals surface area contributed by atoms with Crippen LogP contribution in [-0.4, -0.2) is 26.2 Å². The predicted molar refractivity (Wildman–Crippen MR) is 160 cm³/mol. The highest BCUT2D eigenvalue weighted by atomic mass is 35.5. The third-order valence-corrected chi connectivity index (χ3v) is 9.09. The van der Waals surface area contributed by atoms with Gasteiger partial charge < -0.3 is 12.4 Å². The Labute approximate surface area is 225 Å². The molecule has 0 saturated heterocycles. The molecule has 0 bridgehead atoms. The van der Waals surface area contributed by atoms with Gasteiger partial charge in [0, 0.05) is 27.3 Å². The van der Waals surface area contributed by atoms with Gasteiger partial charge in [0.1, 0.15) is 0 Å². The summed E-state index contributed by atoms with van der Waals surface area (Å²) in [6, 6.07) is 0. The molecule has 0 aromatic carbocycles. The van der Waals surface area contributed by atoms with Crippen molar-refractivity contribution in [2.24, 2.45) is 0 Å². The summed E-state index contributed by atoms with van der Waals surface area (Å²) in [7, 11) is -0.516. The van der Waals surface area contributed by atoms with Gasteiger partial charge in [0.15, 0.2) is 0 Å². The first-order valence-electron chi connectivity index (χ1n) is 15.9. The van der Waals surface area contributed by atoms with Crippen molar-refractivity contribution < 1.29 is 12.4 Å². The standard InChI is InChI=1S/C32H68P.ClH/c1-5-6-7-8-9-10-11-12-13-14-15-16-17-18-19-20-21-22-23-24-25-26-27-28-29-30-31-32-33(2,3)4;/h5-32H2,1-4H3;1H/q+1;/p-1. The van der Waals surface area contributed by atoms with Crippen LogP contribution in [0.5, 0.6) is 0 Å². The molecule has 0 unspecified atom stereocenters. The lowest BCUT2D eigenvalue weighted by Gasteiger charge is -2.10. The van der Waals surface area contributed by atoms with E-state index >= 15 is 0 Å². The maximum absolute atomic E-state index is 2.48. The summed E-state index contributed by atoms with van der Waals surface area (Å²) in [5.74, 6) is 0. The van der Waals surface area contributed by atoms with Crippen LogP contribution in [-0.2, 0) is 0 Å². The molecule has 0 amide bonds. The summed E-state index contributed by atoms with van der Waals surface area (Å²) < 4.78 is 0. The van der Waals surface area contributed by atoms with E-state index < -0.39 is 7.26 Å². The lowest BCUT2D eigenvalue weighted by atomic mass is 10.0. The van der Waals surface area contributed by atoms with Crippen molar-refractivity contribution in [3.63, 3.8) is 0 Å². The van der Waals surface area contributed by atoms with E-state index in [1.165, 1.54) is 180 Å². The Bertz CT molecular complexity index is 349. The minimum absolute atomic E-state index is 0. The molecule has 0 heterocycles. The average molecular weight is 519 g/mol. The molecule has 0 radical (unpaired) electrons. The first kappa shape index (κ1) is 36.9. The number of hydrogen-bond acceptors (Lipinski definition) is 0. The summed E-state index contributed by atoms with van der Waals surface area (Å²) in [6.07, 6.45) is 41.6. The van der Waals surface area contributed by atoms with Gasteiger partial charge in [-0.1, -0.05) is 167 Å². The van der Waals surface area contributed by atoms with Crippen molar-refractivity contribution in [3.05, 3.63) is 0 Å². The van der Waals surface area contributed by atoms with Crippen LogP contribution in [0.2, 0.25) is 0 Å². The Morgan fingerprint density at radius 3 is 0.647 bits per heavy atom. The van der Waals surface area contributed by atoms with Gasteiger partial charge in [-0.15, -0.1) is 0 Å². The zero-order valence-electron chi connectivity index (χ0n) is 24.6. The Balaban J connectivity index is 0. The van der Waals surface area contributed by atoms with E-state index in [9.17, 15) is 0 Å². The van der Waals surface area contributed by atoms with Crippen LogP contribution in [0.15, 0.2) is 0 Å². The summed E-state index contributed by atoms with van der Waals surface area (Å²) >= 11 is 0. The molecule has 208 valence electrons. The fourth-order valence-corrected chi connectivity index (χ4v) is 6.25. The molecular weight excluding hydrogens is 451 g/mol. The van der Waals surface area contributed by atoms with Gasteiger partial charge in [-0.2, -0.15) is 0 Å². The number of hydrogen-bond donors (Lipinski definition) is 0. The van der Waals surface area contributed by atoms with E-state index in [0.717, 1.165) is 0 Å². The summed E-state index contributed by atoms with van der Waals surface area (Å²) in [4.78, 5) is 0. The zero-order chi connectivity index (χ0) is 24.3. The quantitative estimate of drug-likeness (QED) is 0.0714. The number of unbranched alkanes of at least 4 members (excludes halogenated alkanes) is 26. The first-order valence-corrected chi connectivity index (χ1v) is 19.2. The highest BCUT2D eigenvalue weighted by Crippen LogP contribution is 2.47. The van der Waals surface area contributed by atoms with Crippen LogP contribution in [0.1, 0.15) is 180 Å². The van der Waals surface area contributed by atoms with Crippen LogP contribution < -0.4 is 12.4 Å². The molecule has 0 nitrogen and oxygen atoms in total. The second-order valence-corrected chi connectivity index (χ2v) is 17.2. The van der Waals surface area contributed by atoms with Crippen LogP contribution in [0.3, 0.4) is 0 Å². The predicted octanol–water partition coefficient (Wildman–Crippen LogP) is 9.45. The van der Waals surface area contributed by atoms with Crippen molar-refractivity contribution in [1.29, 1.82) is 0 Å². The van der Waals surface area contributed by atoms with E-state index in [1.54, 1.807) is 0 Å². The van der Waals surface area contributed by atoms with E-state index in [1.807, 2.05) is 0 Å². The molecule has 0 fully saturated rings. The summed E-state index contributed by atoms with van der Waals surface area (Å²) in [5, 5.41) is 0. The van der Waals surface area contributed by atoms with Crippen molar-refractivity contribution in [3.8, 4) is 0 Å². The van der Waals surface area contributed by atoms with Gasteiger partial charge >= 0.3 is 0 Å². The third kappa shape index (κ3) is 34.9. The lowest BCUT2D eigenvalue weighted by molar-refractivity contribution is -0.00000763. The molecule has 0 spiro atoms. The molecule has 34 heavy (non-hydrogen) atoms. The smallest absolute Gasteiger partial charge is 0.0586 e. The topological polar surface area (TPSA) is 0 Å². The molecule has 0 saturated carbocycles. The largest absolute Gasteiger partial charge is 1.00 e. The highest BCUT2D eigenvalue weighted by Gasteiger charge is 2.15. The van der Waals surface area contributed by atoms with Crippen molar-refractivity contribution in [1.82, 2.24) is 0 Å². The van der Waals surface area contributed by atoms with Gasteiger partial charge in [0.25, 0.3) is 0 Å². The molecule has 0 rings (SSSR count). The molecule has 0 atom stereocenters. The normalized spacial score (nSPS) is 11.6. The Morgan fingerprint density at radius 2 is 0.471 bits per heavy atom. The van der Waals surface area contributed by atoms with Gasteiger partial charge in [0.05, 0.1) is 6.16 Å². The molecule has 0 aliphatic rings. The number of rotatable bonds is 28. The van der Waals surface area contributed by atoms with Crippen LogP contribution >= 0.6 is 7.26 Å². The minimum atomic E-state index is -0.516. The van der Waals surface area contributed by atoms with Gasteiger partial charge in [-0.25, -0.2) is 0 Å². The Hall–Kier alpha value is 0.720. The minimum Gasteiger partial charge on any atom is -1.00 e. The second-order valence-electron chi connectivity index (χ2n) is 12.2. The Kier molecular flexibility index (Phi) is 32.5. The molecule has 0 aliphatic heterocycles. The SMILES string of the molecule is CCCCCCCCCCCCCCCCCCCCCCCCCCCCC[P+](C)(C)C.[Cl-]. The average Bonchev–Trinajstić information content (AvgIpc) is 2.78. The summed E-state index contributed by atoms with van der Waals surface area (Å²) in [6.45, 7) is 9.75. The fourth-order valence-electron chi connectivity index (χ4n) is 5.08. The maximum Gasteiger partial charge on any atom is 0.0586 e. The van der Waals surface area contributed by atoms with E-state index in [0.29, 0.717) is 0 Å². The molecule has 2 heteroatoms. The van der Waals surface area contributed by atoms with Crippen LogP contribution in [0.4, 0.5) is 0 Å². The van der Waals surface area contributed by atoms with Gasteiger partial charge in [-0.05, 0) is 12.8 Å². The Morgan fingerprint density at radius 1 is 0.294 bits per heavy atom. The van der Waals surface area contributed by atoms with Gasteiger partial charge in [-0.3, -0.25) is 0 Å². The van der Waals surface area contributed by atoms with Crippen molar-refractivity contribution in [2.45, 2.75) is 180 Å². The third-order valence-electron chi connectivity index (χ3n) is 7.43. The molecule has 0 aliphatic carbocycles. The molecular formula is C32H68ClP. The van der Waals surface area contributed by atoms with Crippen molar-refractivity contribution >= 4 is 7.26 Å². The second kappa shape index (κ2) is 29.9. The molecule has 0 aromatic rings. The van der Waals surface area contributed by atoms with Crippen molar-refractivity contribution in [2.75, 3.05) is 26.2 Å². The number of halogens is 1. The molecule has 0 N–H and O–H groups in total. The summed E-state index contributed by atoms with van der Waals surface area (Å²) in [5.41, 5.74) is 0. The maximum atomic E-state index is 2.48. The van der Waals surface area contributed by atoms with Crippen LogP contribution in [0.25, 0.3) is 0 Å². The lowest BCUT2D eigenvalue weighted by Crippen LogP contribution is -3.00. The van der Waals surface area contributed by atoms with Crippen LogP contribution in [0, 0.1) is 0 Å². The van der Waals surface area contributed by atoms with Gasteiger partial charge in [0.2, 0.25) is 0 Å². The highest BCUT2D eigenvalue weighted by molar-refractivity contribution is 7.73. The van der Waals surface area contributed by atoms with E-state index in [4.69, 9.17) is 0 Å². The van der Waals surface area contributed by atoms with E-state index in [2.05, 4.69) is 26.9 Å². The monoisotopic (exact) mass is 518 g/mol.